The summed E-state index contributed by atoms with van der Waals surface area (Å²) in [4.78, 5) is 0. The van der Waals surface area contributed by atoms with Gasteiger partial charge < -0.3 is 9.47 Å². The van der Waals surface area contributed by atoms with E-state index in [2.05, 4.69) is 4.74 Å². The van der Waals surface area contributed by atoms with Gasteiger partial charge in [0.2, 0.25) is 0 Å². The van der Waals surface area contributed by atoms with Crippen molar-refractivity contribution in [3.63, 3.8) is 0 Å². The molecule has 5 heteroatoms. The van der Waals surface area contributed by atoms with E-state index < -0.39 is 6.36 Å². The minimum atomic E-state index is -4.69. The van der Waals surface area contributed by atoms with Crippen LogP contribution in [-0.2, 0) is 0 Å². The maximum absolute atomic E-state index is 12.2. The fourth-order valence-electron chi connectivity index (χ4n) is 1.95. The summed E-state index contributed by atoms with van der Waals surface area (Å²) < 4.78 is 45.7. The molecular formula is C15H13F3O2. The van der Waals surface area contributed by atoms with Crippen molar-refractivity contribution in [3.8, 4) is 22.6 Å². The van der Waals surface area contributed by atoms with Crippen molar-refractivity contribution < 1.29 is 22.6 Å². The lowest BCUT2D eigenvalue weighted by atomic mass is 10.0. The first-order chi connectivity index (χ1) is 9.39. The average Bonchev–Trinajstić information content (AvgIpc) is 2.36. The fourth-order valence-corrected chi connectivity index (χ4v) is 1.95. The lowest BCUT2D eigenvalue weighted by Crippen LogP contribution is -2.17. The maximum Gasteiger partial charge on any atom is 0.573 e. The molecule has 0 saturated heterocycles. The maximum atomic E-state index is 12.2. The van der Waals surface area contributed by atoms with Crippen LogP contribution in [0.5, 0.6) is 11.5 Å². The van der Waals surface area contributed by atoms with Gasteiger partial charge in [-0.05, 0) is 47.9 Å². The number of halogens is 3. The SMILES string of the molecule is COc1ccc(-c2cccc(OC(F)(F)F)c2)c(C)c1. The predicted octanol–water partition coefficient (Wildman–Crippen LogP) is 4.57. The van der Waals surface area contributed by atoms with Crippen molar-refractivity contribution in [2.24, 2.45) is 0 Å². The van der Waals surface area contributed by atoms with E-state index >= 15 is 0 Å². The standard InChI is InChI=1S/C15H13F3O2/c1-10-8-12(19-2)6-7-14(10)11-4-3-5-13(9-11)20-15(16,17)18/h3-9H,1-2H3. The average molecular weight is 282 g/mol. The van der Waals surface area contributed by atoms with E-state index in [1.54, 1.807) is 25.3 Å². The summed E-state index contributed by atoms with van der Waals surface area (Å²) in [5.74, 6) is 0.471. The number of benzene rings is 2. The fraction of sp³-hybridized carbons (Fsp3) is 0.200. The molecule has 0 radical (unpaired) electrons. The van der Waals surface area contributed by atoms with Crippen LogP contribution in [0.25, 0.3) is 11.1 Å². The van der Waals surface area contributed by atoms with Gasteiger partial charge in [0, 0.05) is 0 Å². The summed E-state index contributed by atoms with van der Waals surface area (Å²) >= 11 is 0. The summed E-state index contributed by atoms with van der Waals surface area (Å²) in [6.45, 7) is 1.87. The van der Waals surface area contributed by atoms with E-state index in [-0.39, 0.29) is 5.75 Å². The Morgan fingerprint density at radius 2 is 1.70 bits per heavy atom. The molecule has 0 fully saturated rings. The highest BCUT2D eigenvalue weighted by Crippen LogP contribution is 2.31. The van der Waals surface area contributed by atoms with Crippen LogP contribution in [0, 0.1) is 6.92 Å². The smallest absolute Gasteiger partial charge is 0.497 e. The molecule has 106 valence electrons. The Hall–Kier alpha value is -2.17. The Morgan fingerprint density at radius 3 is 2.30 bits per heavy atom. The van der Waals surface area contributed by atoms with Crippen molar-refractivity contribution in [3.05, 3.63) is 48.0 Å². The zero-order chi connectivity index (χ0) is 14.8. The van der Waals surface area contributed by atoms with E-state index in [1.165, 1.54) is 18.2 Å². The van der Waals surface area contributed by atoms with Crippen LogP contribution in [0.3, 0.4) is 0 Å². The second-order valence-corrected chi connectivity index (χ2v) is 4.26. The van der Waals surface area contributed by atoms with Gasteiger partial charge in [-0.3, -0.25) is 0 Å². The van der Waals surface area contributed by atoms with Gasteiger partial charge in [0.15, 0.2) is 0 Å². The third-order valence-corrected chi connectivity index (χ3v) is 2.81. The van der Waals surface area contributed by atoms with E-state index in [0.29, 0.717) is 11.3 Å². The predicted molar refractivity (Wildman–Crippen MR) is 69.9 cm³/mol. The third kappa shape index (κ3) is 3.44. The molecule has 0 aliphatic carbocycles. The van der Waals surface area contributed by atoms with Crippen LogP contribution < -0.4 is 9.47 Å². The molecule has 0 aliphatic rings. The molecule has 2 rings (SSSR count). The Kier molecular flexibility index (Phi) is 3.88. The molecule has 2 aromatic rings. The van der Waals surface area contributed by atoms with Crippen molar-refractivity contribution in [1.82, 2.24) is 0 Å². The first kappa shape index (κ1) is 14.2. The van der Waals surface area contributed by atoms with Gasteiger partial charge in [0.1, 0.15) is 11.5 Å². The first-order valence-electron chi connectivity index (χ1n) is 5.90. The molecule has 0 aliphatic heterocycles. The Labute approximate surface area is 114 Å². The molecule has 0 bridgehead atoms. The highest BCUT2D eigenvalue weighted by atomic mass is 19.4. The number of hydrogen-bond donors (Lipinski definition) is 0. The molecule has 0 aromatic heterocycles. The summed E-state index contributed by atoms with van der Waals surface area (Å²) in [6, 6.07) is 11.3. The molecule has 0 unspecified atom stereocenters. The molecule has 2 nitrogen and oxygen atoms in total. The Morgan fingerprint density at radius 1 is 0.950 bits per heavy atom. The van der Waals surface area contributed by atoms with E-state index in [0.717, 1.165) is 11.1 Å². The lowest BCUT2D eigenvalue weighted by molar-refractivity contribution is -0.274. The van der Waals surface area contributed by atoms with Gasteiger partial charge in [-0.15, -0.1) is 13.2 Å². The van der Waals surface area contributed by atoms with Gasteiger partial charge >= 0.3 is 6.36 Å². The Balaban J connectivity index is 2.36. The largest absolute Gasteiger partial charge is 0.573 e. The molecule has 0 spiro atoms. The van der Waals surface area contributed by atoms with Crippen LogP contribution >= 0.6 is 0 Å². The van der Waals surface area contributed by atoms with E-state index in [4.69, 9.17) is 4.74 Å². The minimum Gasteiger partial charge on any atom is -0.497 e. The van der Waals surface area contributed by atoms with Crippen molar-refractivity contribution >= 4 is 0 Å². The first-order valence-corrected chi connectivity index (χ1v) is 5.90. The highest BCUT2D eigenvalue weighted by molar-refractivity contribution is 5.69. The second-order valence-electron chi connectivity index (χ2n) is 4.26. The number of methoxy groups -OCH3 is 1. The number of rotatable bonds is 3. The number of ether oxygens (including phenoxy) is 2. The molecule has 0 atom stereocenters. The van der Waals surface area contributed by atoms with Gasteiger partial charge in [-0.2, -0.15) is 0 Å². The molecule has 2 aromatic carbocycles. The summed E-state index contributed by atoms with van der Waals surface area (Å²) in [6.07, 6.45) is -4.69. The molecule has 0 N–H and O–H groups in total. The van der Waals surface area contributed by atoms with Crippen LogP contribution in [0.4, 0.5) is 13.2 Å². The van der Waals surface area contributed by atoms with E-state index in [9.17, 15) is 13.2 Å². The summed E-state index contributed by atoms with van der Waals surface area (Å²) in [5.41, 5.74) is 2.40. The molecule has 20 heavy (non-hydrogen) atoms. The molecular weight excluding hydrogens is 269 g/mol. The zero-order valence-electron chi connectivity index (χ0n) is 11.0. The van der Waals surface area contributed by atoms with Crippen LogP contribution in [0.15, 0.2) is 42.5 Å². The minimum absolute atomic E-state index is 0.231. The normalized spacial score (nSPS) is 11.2. The molecule has 0 saturated carbocycles. The molecule has 0 amide bonds. The summed E-state index contributed by atoms with van der Waals surface area (Å²) in [5, 5.41) is 0. The van der Waals surface area contributed by atoms with E-state index in [1.807, 2.05) is 13.0 Å². The highest BCUT2D eigenvalue weighted by Gasteiger charge is 2.31. The van der Waals surface area contributed by atoms with Gasteiger partial charge in [0.05, 0.1) is 7.11 Å². The second kappa shape index (κ2) is 5.45. The number of hydrogen-bond acceptors (Lipinski definition) is 2. The molecule has 0 heterocycles. The number of alkyl halides is 3. The van der Waals surface area contributed by atoms with Crippen LogP contribution in [0.2, 0.25) is 0 Å². The monoisotopic (exact) mass is 282 g/mol. The van der Waals surface area contributed by atoms with Crippen LogP contribution in [-0.4, -0.2) is 13.5 Å². The lowest BCUT2D eigenvalue weighted by Gasteiger charge is -2.12. The Bertz CT molecular complexity index is 606. The van der Waals surface area contributed by atoms with Gasteiger partial charge in [-0.1, -0.05) is 18.2 Å². The summed E-state index contributed by atoms with van der Waals surface area (Å²) in [7, 11) is 1.56. The van der Waals surface area contributed by atoms with Crippen molar-refractivity contribution in [2.75, 3.05) is 7.11 Å². The topological polar surface area (TPSA) is 18.5 Å². The van der Waals surface area contributed by atoms with Crippen molar-refractivity contribution in [1.29, 1.82) is 0 Å². The van der Waals surface area contributed by atoms with Crippen molar-refractivity contribution in [2.45, 2.75) is 13.3 Å². The quantitative estimate of drug-likeness (QED) is 0.821. The number of aryl methyl sites for hydroxylation is 1. The van der Waals surface area contributed by atoms with Crippen LogP contribution in [0.1, 0.15) is 5.56 Å². The van der Waals surface area contributed by atoms with Gasteiger partial charge in [-0.25, -0.2) is 0 Å². The zero-order valence-corrected chi connectivity index (χ0v) is 11.0. The van der Waals surface area contributed by atoms with Gasteiger partial charge in [0.25, 0.3) is 0 Å². The third-order valence-electron chi connectivity index (χ3n) is 2.81.